The Bertz CT molecular complexity index is 683. The molecule has 0 aromatic carbocycles. The minimum absolute atomic E-state index is 0.0597. The van der Waals surface area contributed by atoms with Crippen LogP contribution in [0.3, 0.4) is 0 Å². The normalized spacial score (nSPS) is 21.6. The van der Waals surface area contributed by atoms with Crippen molar-refractivity contribution in [1.29, 1.82) is 0 Å². The number of sulfone groups is 1. The summed E-state index contributed by atoms with van der Waals surface area (Å²) < 4.78 is 47.4. The number of rotatable bonds is 4. The molecule has 0 radical (unpaired) electrons. The van der Waals surface area contributed by atoms with Crippen molar-refractivity contribution in [3.05, 3.63) is 18.3 Å². The quantitative estimate of drug-likeness (QED) is 0.844. The molecule has 1 atom stereocenters. The second-order valence-corrected chi connectivity index (χ2v) is 8.92. The van der Waals surface area contributed by atoms with Crippen LogP contribution < -0.4 is 9.62 Å². The van der Waals surface area contributed by atoms with E-state index in [9.17, 15) is 16.8 Å². The molecule has 1 N–H and O–H groups in total. The number of nitrogens with zero attached hydrogens (tertiary/aromatic N) is 2. The second-order valence-electron chi connectivity index (χ2n) is 4.94. The molecule has 1 aromatic rings. The average Bonchev–Trinajstić information content (AvgIpc) is 2.68. The molecule has 1 aliphatic heterocycles. The van der Waals surface area contributed by atoms with E-state index in [2.05, 4.69) is 9.71 Å². The lowest BCUT2D eigenvalue weighted by Gasteiger charge is -2.25. The van der Waals surface area contributed by atoms with Gasteiger partial charge in [-0.05, 0) is 18.6 Å². The van der Waals surface area contributed by atoms with Crippen molar-refractivity contribution in [3.8, 4) is 0 Å². The fourth-order valence-corrected chi connectivity index (χ4v) is 4.41. The van der Waals surface area contributed by atoms with E-state index in [4.69, 9.17) is 0 Å². The molecular weight excluding hydrogens is 302 g/mol. The minimum atomic E-state index is -3.35. The molecule has 7 nitrogen and oxygen atoms in total. The van der Waals surface area contributed by atoms with E-state index in [-0.39, 0.29) is 23.4 Å². The molecule has 112 valence electrons. The summed E-state index contributed by atoms with van der Waals surface area (Å²) in [5, 5.41) is 0. The van der Waals surface area contributed by atoms with E-state index in [1.54, 1.807) is 12.1 Å². The summed E-state index contributed by atoms with van der Waals surface area (Å²) in [6.45, 7) is 0. The van der Waals surface area contributed by atoms with E-state index >= 15 is 0 Å². The summed E-state index contributed by atoms with van der Waals surface area (Å²) in [6.07, 6.45) is 3.18. The Balaban J connectivity index is 2.10. The molecule has 2 rings (SSSR count). The Hall–Kier alpha value is -1.35. The van der Waals surface area contributed by atoms with Gasteiger partial charge in [-0.2, -0.15) is 0 Å². The first-order valence-electron chi connectivity index (χ1n) is 6.03. The molecule has 1 fully saturated rings. The van der Waals surface area contributed by atoms with Gasteiger partial charge < -0.3 is 4.90 Å². The highest BCUT2D eigenvalue weighted by Gasteiger charge is 2.30. The van der Waals surface area contributed by atoms with Crippen LogP contribution in [-0.4, -0.2) is 52.7 Å². The summed E-state index contributed by atoms with van der Waals surface area (Å²) in [4.78, 5) is 5.87. The first kappa shape index (κ1) is 15.0. The zero-order chi connectivity index (χ0) is 15.0. The van der Waals surface area contributed by atoms with Gasteiger partial charge in [0.2, 0.25) is 10.0 Å². The third-order valence-electron chi connectivity index (χ3n) is 3.20. The fraction of sp³-hybridized carbons (Fsp3) is 0.545. The lowest BCUT2D eigenvalue weighted by Crippen LogP contribution is -2.32. The van der Waals surface area contributed by atoms with Gasteiger partial charge in [-0.15, -0.1) is 0 Å². The summed E-state index contributed by atoms with van der Waals surface area (Å²) in [7, 11) is -4.47. The number of sulfonamides is 1. The predicted molar refractivity (Wildman–Crippen MR) is 78.2 cm³/mol. The van der Waals surface area contributed by atoms with Gasteiger partial charge in [-0.3, -0.25) is 4.72 Å². The predicted octanol–water partition coefficient (Wildman–Crippen LogP) is 0.0764. The molecule has 1 aliphatic rings. The molecule has 2 heterocycles. The molecule has 1 aromatic heterocycles. The van der Waals surface area contributed by atoms with Gasteiger partial charge in [0.1, 0.15) is 5.82 Å². The third-order valence-corrected chi connectivity index (χ3v) is 5.53. The topological polar surface area (TPSA) is 96.4 Å². The Morgan fingerprint density at radius 3 is 2.55 bits per heavy atom. The largest absolute Gasteiger partial charge is 0.369 e. The maximum atomic E-state index is 11.5. The van der Waals surface area contributed by atoms with E-state index < -0.39 is 19.9 Å². The van der Waals surface area contributed by atoms with E-state index in [0.717, 1.165) is 11.9 Å². The zero-order valence-electron chi connectivity index (χ0n) is 11.3. The summed E-state index contributed by atoms with van der Waals surface area (Å²) in [6, 6.07) is 3.21. The molecule has 1 unspecified atom stereocenters. The van der Waals surface area contributed by atoms with Crippen LogP contribution >= 0.6 is 0 Å². The van der Waals surface area contributed by atoms with Crippen molar-refractivity contribution < 1.29 is 16.8 Å². The SMILES string of the molecule is CN(c1ccc(NS(C)(=O)=O)nc1)C1CCS(=O)(=O)C1. The van der Waals surface area contributed by atoms with Gasteiger partial charge in [-0.25, -0.2) is 21.8 Å². The Labute approximate surface area is 119 Å². The lowest BCUT2D eigenvalue weighted by atomic mass is 10.2. The molecule has 20 heavy (non-hydrogen) atoms. The zero-order valence-corrected chi connectivity index (χ0v) is 12.9. The highest BCUT2D eigenvalue weighted by atomic mass is 32.2. The van der Waals surface area contributed by atoms with Gasteiger partial charge in [-0.1, -0.05) is 0 Å². The van der Waals surface area contributed by atoms with Gasteiger partial charge in [0.15, 0.2) is 9.84 Å². The number of hydrogen-bond acceptors (Lipinski definition) is 6. The molecule has 1 saturated heterocycles. The number of aromatic nitrogens is 1. The van der Waals surface area contributed by atoms with Gasteiger partial charge in [0, 0.05) is 13.1 Å². The summed E-state index contributed by atoms with van der Waals surface area (Å²) >= 11 is 0. The molecule has 0 amide bonds. The van der Waals surface area contributed by atoms with Crippen LogP contribution in [0.1, 0.15) is 6.42 Å². The maximum absolute atomic E-state index is 11.5. The van der Waals surface area contributed by atoms with Crippen LogP contribution in [-0.2, 0) is 19.9 Å². The number of pyridine rings is 1. The van der Waals surface area contributed by atoms with Crippen LogP contribution in [0, 0.1) is 0 Å². The van der Waals surface area contributed by atoms with Crippen molar-refractivity contribution in [1.82, 2.24) is 4.98 Å². The Morgan fingerprint density at radius 1 is 1.40 bits per heavy atom. The second kappa shape index (κ2) is 5.21. The van der Waals surface area contributed by atoms with Crippen LogP contribution in [0.15, 0.2) is 18.3 Å². The van der Waals surface area contributed by atoms with Crippen LogP contribution in [0.4, 0.5) is 11.5 Å². The standard InChI is InChI=1S/C11H17N3O4S2/c1-14(10-5-6-20(17,18)8-10)9-3-4-11(12-7-9)13-19(2,15)16/h3-4,7,10H,5-6,8H2,1-2H3,(H,12,13). The first-order chi connectivity index (χ1) is 9.16. The lowest BCUT2D eigenvalue weighted by molar-refractivity contribution is 0.600. The van der Waals surface area contributed by atoms with Gasteiger partial charge in [0.05, 0.1) is 29.6 Å². The van der Waals surface area contributed by atoms with Crippen molar-refractivity contribution >= 4 is 31.4 Å². The van der Waals surface area contributed by atoms with E-state index in [1.165, 1.54) is 6.20 Å². The van der Waals surface area contributed by atoms with Gasteiger partial charge in [0.25, 0.3) is 0 Å². The molecule has 0 bridgehead atoms. The van der Waals surface area contributed by atoms with Gasteiger partial charge >= 0.3 is 0 Å². The van der Waals surface area contributed by atoms with Crippen LogP contribution in [0.25, 0.3) is 0 Å². The highest BCUT2D eigenvalue weighted by Crippen LogP contribution is 2.23. The van der Waals surface area contributed by atoms with Crippen molar-refractivity contribution in [2.45, 2.75) is 12.5 Å². The third kappa shape index (κ3) is 3.83. The molecule has 0 saturated carbocycles. The molecule has 0 spiro atoms. The van der Waals surface area contributed by atoms with E-state index in [1.807, 2.05) is 11.9 Å². The van der Waals surface area contributed by atoms with Crippen molar-refractivity contribution in [2.75, 3.05) is 34.4 Å². The smallest absolute Gasteiger partial charge is 0.230 e. The van der Waals surface area contributed by atoms with Crippen molar-refractivity contribution in [2.24, 2.45) is 0 Å². The fourth-order valence-electron chi connectivity index (χ4n) is 2.14. The van der Waals surface area contributed by atoms with E-state index in [0.29, 0.717) is 6.42 Å². The average molecular weight is 319 g/mol. The number of nitrogens with one attached hydrogen (secondary N) is 1. The minimum Gasteiger partial charge on any atom is -0.369 e. The Morgan fingerprint density at radius 2 is 2.10 bits per heavy atom. The number of anilines is 2. The van der Waals surface area contributed by atoms with Crippen LogP contribution in [0.5, 0.6) is 0 Å². The van der Waals surface area contributed by atoms with Crippen molar-refractivity contribution in [3.63, 3.8) is 0 Å². The molecule has 9 heteroatoms. The summed E-state index contributed by atoms with van der Waals surface area (Å²) in [5.74, 6) is 0.597. The highest BCUT2D eigenvalue weighted by molar-refractivity contribution is 7.92. The molecule has 0 aliphatic carbocycles. The Kier molecular flexibility index (Phi) is 3.92. The molecular formula is C11H17N3O4S2. The van der Waals surface area contributed by atoms with Crippen LogP contribution in [0.2, 0.25) is 0 Å². The first-order valence-corrected chi connectivity index (χ1v) is 9.75. The summed E-state index contributed by atoms with van der Waals surface area (Å²) in [5.41, 5.74) is 0.756. The maximum Gasteiger partial charge on any atom is 0.230 e. The monoisotopic (exact) mass is 319 g/mol. The number of hydrogen-bond donors (Lipinski definition) is 1.